The van der Waals surface area contributed by atoms with E-state index in [1.54, 1.807) is 40.5 Å². The van der Waals surface area contributed by atoms with Gasteiger partial charge in [-0.25, -0.2) is 14.2 Å². The minimum Gasteiger partial charge on any atom is -0.308 e. The summed E-state index contributed by atoms with van der Waals surface area (Å²) >= 11 is 1.61. The summed E-state index contributed by atoms with van der Waals surface area (Å²) in [5.74, 6) is -0.891. The largest absolute Gasteiger partial charge is 0.321 e. The number of amides is 3. The Balaban J connectivity index is 1.43. The minimum atomic E-state index is -1.29. The van der Waals surface area contributed by atoms with Crippen molar-refractivity contribution in [2.45, 2.75) is 19.6 Å². The van der Waals surface area contributed by atoms with Gasteiger partial charge in [-0.05, 0) is 65.2 Å². The van der Waals surface area contributed by atoms with Crippen LogP contribution in [0.15, 0.2) is 107 Å². The number of hydrogen-bond donors (Lipinski definition) is 2. The molecule has 2 heterocycles. The Hall–Kier alpha value is -4.82. The molecular weight excluding hydrogens is 523 g/mol. The zero-order chi connectivity index (χ0) is 27.6. The van der Waals surface area contributed by atoms with Gasteiger partial charge in [-0.1, -0.05) is 60.7 Å². The number of para-hydroxylation sites is 1. The maximum atomic E-state index is 15.1. The SMILES string of the molecule is Cc1cccc(NC(=O)NC2N=C(c3ccccc3F)c3ccccc3N(Cc3csc4ccccc34)C2=O)c1. The Morgan fingerprint density at radius 2 is 1.70 bits per heavy atom. The van der Waals surface area contributed by atoms with Crippen LogP contribution in [0.2, 0.25) is 0 Å². The number of nitrogens with one attached hydrogen (secondary N) is 2. The lowest BCUT2D eigenvalue weighted by atomic mass is 9.99. The Morgan fingerprint density at radius 3 is 2.52 bits per heavy atom. The number of thiophene rings is 1. The van der Waals surface area contributed by atoms with Crippen LogP contribution in [0.3, 0.4) is 0 Å². The van der Waals surface area contributed by atoms with Gasteiger partial charge in [-0.3, -0.25) is 4.79 Å². The third kappa shape index (κ3) is 4.97. The van der Waals surface area contributed by atoms with E-state index in [1.807, 2.05) is 79.0 Å². The first-order chi connectivity index (χ1) is 19.5. The van der Waals surface area contributed by atoms with Gasteiger partial charge in [0.05, 0.1) is 17.9 Å². The van der Waals surface area contributed by atoms with Crippen molar-refractivity contribution in [3.63, 3.8) is 0 Å². The maximum absolute atomic E-state index is 15.1. The highest BCUT2D eigenvalue weighted by Gasteiger charge is 2.34. The molecular formula is C32H25FN4O2S. The number of carbonyl (C=O) groups is 2. The Bertz CT molecular complexity index is 1780. The van der Waals surface area contributed by atoms with Crippen molar-refractivity contribution >= 4 is 50.4 Å². The molecule has 5 aromatic rings. The number of anilines is 2. The zero-order valence-electron chi connectivity index (χ0n) is 21.6. The summed E-state index contributed by atoms with van der Waals surface area (Å²) in [5.41, 5.74) is 4.27. The van der Waals surface area contributed by atoms with Crippen molar-refractivity contribution in [2.24, 2.45) is 4.99 Å². The zero-order valence-corrected chi connectivity index (χ0v) is 22.4. The number of urea groups is 1. The fraction of sp³-hybridized carbons (Fsp3) is 0.0938. The van der Waals surface area contributed by atoms with Crippen molar-refractivity contribution in [1.29, 1.82) is 0 Å². The Labute approximate surface area is 234 Å². The second kappa shape index (κ2) is 10.7. The third-order valence-electron chi connectivity index (χ3n) is 6.77. The normalized spacial score (nSPS) is 14.8. The number of fused-ring (bicyclic) bond motifs is 2. The number of aliphatic imine (C=N–C) groups is 1. The summed E-state index contributed by atoms with van der Waals surface area (Å²) in [4.78, 5) is 33.6. The second-order valence-corrected chi connectivity index (χ2v) is 10.4. The minimum absolute atomic E-state index is 0.247. The fourth-order valence-electron chi connectivity index (χ4n) is 4.89. The average molecular weight is 549 g/mol. The van der Waals surface area contributed by atoms with Gasteiger partial charge >= 0.3 is 6.03 Å². The molecule has 0 saturated carbocycles. The molecule has 6 rings (SSSR count). The van der Waals surface area contributed by atoms with E-state index in [9.17, 15) is 9.59 Å². The first-order valence-electron chi connectivity index (χ1n) is 12.8. The summed E-state index contributed by atoms with van der Waals surface area (Å²) < 4.78 is 16.2. The first-order valence-corrected chi connectivity index (χ1v) is 13.7. The highest BCUT2D eigenvalue weighted by atomic mass is 32.1. The standard InChI is InChI=1S/C32H25FN4O2S/c1-20-9-8-10-22(17-20)34-32(39)36-30-31(38)37(18-21-19-40-28-16-7-4-11-23(21)28)27-15-6-3-13-25(27)29(35-30)24-12-2-5-14-26(24)33/h2-17,19,30H,18H2,1H3,(H2,34,36,39). The van der Waals surface area contributed by atoms with Crippen LogP contribution in [0.25, 0.3) is 10.1 Å². The highest BCUT2D eigenvalue weighted by Crippen LogP contribution is 2.33. The maximum Gasteiger partial charge on any atom is 0.321 e. The number of carbonyl (C=O) groups excluding carboxylic acids is 2. The molecule has 8 heteroatoms. The number of benzodiazepines with no additional fused rings is 1. The van der Waals surface area contributed by atoms with Gasteiger partial charge in [0, 0.05) is 21.5 Å². The molecule has 0 radical (unpaired) electrons. The van der Waals surface area contributed by atoms with E-state index in [1.165, 1.54) is 6.07 Å². The fourth-order valence-corrected chi connectivity index (χ4v) is 5.85. The summed E-state index contributed by atoms with van der Waals surface area (Å²) in [6.45, 7) is 2.18. The van der Waals surface area contributed by atoms with Gasteiger partial charge in [0.1, 0.15) is 5.82 Å². The molecule has 6 nitrogen and oxygen atoms in total. The molecule has 40 heavy (non-hydrogen) atoms. The second-order valence-electron chi connectivity index (χ2n) is 9.53. The molecule has 0 fully saturated rings. The van der Waals surface area contributed by atoms with Gasteiger partial charge in [-0.15, -0.1) is 11.3 Å². The average Bonchev–Trinajstić information content (AvgIpc) is 3.32. The molecule has 198 valence electrons. The molecule has 4 aromatic carbocycles. The third-order valence-corrected chi connectivity index (χ3v) is 7.78. The molecule has 2 N–H and O–H groups in total. The molecule has 1 atom stereocenters. The van der Waals surface area contributed by atoms with Crippen molar-refractivity contribution in [3.8, 4) is 0 Å². The molecule has 1 aliphatic heterocycles. The smallest absolute Gasteiger partial charge is 0.308 e. The van der Waals surface area contributed by atoms with E-state index < -0.39 is 23.9 Å². The Kier molecular flexibility index (Phi) is 6.84. The van der Waals surface area contributed by atoms with Crippen molar-refractivity contribution < 1.29 is 14.0 Å². The molecule has 0 spiro atoms. The quantitative estimate of drug-likeness (QED) is 0.251. The van der Waals surface area contributed by atoms with Crippen LogP contribution in [-0.2, 0) is 11.3 Å². The van der Waals surface area contributed by atoms with Crippen molar-refractivity contribution in [2.75, 3.05) is 10.2 Å². The number of hydrogen-bond acceptors (Lipinski definition) is 4. The van der Waals surface area contributed by atoms with Gasteiger partial charge in [0.2, 0.25) is 6.17 Å². The molecule has 1 aromatic heterocycles. The predicted octanol–water partition coefficient (Wildman–Crippen LogP) is 6.88. The van der Waals surface area contributed by atoms with Crippen molar-refractivity contribution in [3.05, 3.63) is 131 Å². The molecule has 1 unspecified atom stereocenters. The van der Waals surface area contributed by atoms with Gasteiger partial charge < -0.3 is 15.5 Å². The summed E-state index contributed by atoms with van der Waals surface area (Å²) in [7, 11) is 0. The van der Waals surface area contributed by atoms with Gasteiger partial charge in [0.25, 0.3) is 5.91 Å². The highest BCUT2D eigenvalue weighted by molar-refractivity contribution is 7.17. The monoisotopic (exact) mass is 548 g/mol. The van der Waals surface area contributed by atoms with E-state index in [2.05, 4.69) is 15.6 Å². The van der Waals surface area contributed by atoms with Crippen LogP contribution in [0, 0.1) is 12.7 Å². The molecule has 0 bridgehead atoms. The van der Waals surface area contributed by atoms with E-state index in [-0.39, 0.29) is 12.1 Å². The molecule has 3 amide bonds. The van der Waals surface area contributed by atoms with E-state index in [0.29, 0.717) is 22.6 Å². The van der Waals surface area contributed by atoms with Crippen LogP contribution >= 0.6 is 11.3 Å². The number of halogens is 1. The first kappa shape index (κ1) is 25.5. The number of aryl methyl sites for hydroxylation is 1. The predicted molar refractivity (Wildman–Crippen MR) is 159 cm³/mol. The van der Waals surface area contributed by atoms with Gasteiger partial charge in [-0.2, -0.15) is 0 Å². The topological polar surface area (TPSA) is 73.8 Å². The lowest BCUT2D eigenvalue weighted by Gasteiger charge is -2.25. The van der Waals surface area contributed by atoms with E-state index in [4.69, 9.17) is 0 Å². The number of nitrogens with zero attached hydrogens (tertiary/aromatic N) is 2. The van der Waals surface area contributed by atoms with E-state index in [0.717, 1.165) is 21.2 Å². The summed E-state index contributed by atoms with van der Waals surface area (Å²) in [5, 5.41) is 8.60. The summed E-state index contributed by atoms with van der Waals surface area (Å²) in [6, 6.07) is 28.4. The van der Waals surface area contributed by atoms with Crippen molar-refractivity contribution in [1.82, 2.24) is 5.32 Å². The van der Waals surface area contributed by atoms with Crippen LogP contribution in [-0.4, -0.2) is 23.8 Å². The van der Waals surface area contributed by atoms with Crippen LogP contribution in [0.5, 0.6) is 0 Å². The lowest BCUT2D eigenvalue weighted by molar-refractivity contribution is -0.120. The van der Waals surface area contributed by atoms with Crippen LogP contribution in [0.4, 0.5) is 20.6 Å². The Morgan fingerprint density at radius 1 is 0.950 bits per heavy atom. The molecule has 0 aliphatic carbocycles. The van der Waals surface area contributed by atoms with Crippen LogP contribution < -0.4 is 15.5 Å². The molecule has 1 aliphatic rings. The van der Waals surface area contributed by atoms with Gasteiger partial charge in [0.15, 0.2) is 0 Å². The lowest BCUT2D eigenvalue weighted by Crippen LogP contribution is -2.48. The number of benzene rings is 4. The van der Waals surface area contributed by atoms with Crippen LogP contribution in [0.1, 0.15) is 22.3 Å². The summed E-state index contributed by atoms with van der Waals surface area (Å²) in [6.07, 6.45) is -1.29. The van der Waals surface area contributed by atoms with E-state index >= 15 is 4.39 Å². The number of rotatable bonds is 5. The molecule has 0 saturated heterocycles.